The second-order valence-corrected chi connectivity index (χ2v) is 5.70. The molecule has 0 aromatic rings. The normalized spacial score (nSPS) is 23.6. The van der Waals surface area contributed by atoms with Gasteiger partial charge in [0.25, 0.3) is 0 Å². The first kappa shape index (κ1) is 16.4. The lowest BCUT2D eigenvalue weighted by atomic mass is 9.98. The van der Waals surface area contributed by atoms with Crippen molar-refractivity contribution < 1.29 is 28.6 Å². The van der Waals surface area contributed by atoms with Gasteiger partial charge in [0.15, 0.2) is 12.1 Å². The Balaban J connectivity index is 2.92. The van der Waals surface area contributed by atoms with Crippen LogP contribution in [0.15, 0.2) is 0 Å². The van der Waals surface area contributed by atoms with Crippen molar-refractivity contribution in [3.63, 3.8) is 0 Å². The number of hydrogen-bond donors (Lipinski definition) is 1. The number of urea groups is 1. The number of nitrogens with one attached hydrogen (secondary N) is 1. The fourth-order valence-corrected chi connectivity index (χ4v) is 1.73. The maximum Gasteiger partial charge on any atom is 0.365 e. The molecule has 0 radical (unpaired) electrons. The van der Waals surface area contributed by atoms with Crippen LogP contribution >= 0.6 is 0 Å². The lowest BCUT2D eigenvalue weighted by Gasteiger charge is -2.35. The van der Waals surface area contributed by atoms with Gasteiger partial charge in [-0.3, -0.25) is 14.6 Å². The lowest BCUT2D eigenvalue weighted by molar-refractivity contribution is -0.199. The number of carbonyl (C=O) groups excluding carboxylic acids is 3. The summed E-state index contributed by atoms with van der Waals surface area (Å²) in [5.41, 5.74) is -0.250. The molecule has 20 heavy (non-hydrogen) atoms. The Kier molecular flexibility index (Phi) is 5.04. The average Bonchev–Trinajstić information content (AvgIpc) is 2.34. The molecule has 0 saturated carbocycles. The first-order valence-electron chi connectivity index (χ1n) is 6.27. The highest BCUT2D eigenvalue weighted by molar-refractivity contribution is 6.07. The minimum Gasteiger partial charge on any atom is -0.356 e. The summed E-state index contributed by atoms with van der Waals surface area (Å²) in [6.45, 7) is 7.42. The van der Waals surface area contributed by atoms with E-state index in [2.05, 4.69) is 10.3 Å². The second kappa shape index (κ2) is 6.17. The van der Waals surface area contributed by atoms with Crippen molar-refractivity contribution in [2.75, 3.05) is 13.2 Å². The molecule has 0 aromatic carbocycles. The van der Waals surface area contributed by atoms with E-state index in [1.807, 2.05) is 20.8 Å². The summed E-state index contributed by atoms with van der Waals surface area (Å²) in [4.78, 5) is 39.1. The van der Waals surface area contributed by atoms with Crippen molar-refractivity contribution >= 4 is 17.9 Å². The fourth-order valence-electron chi connectivity index (χ4n) is 1.73. The third-order valence-electron chi connectivity index (χ3n) is 2.69. The van der Waals surface area contributed by atoms with Crippen LogP contribution in [0.2, 0.25) is 0 Å². The van der Waals surface area contributed by atoms with Gasteiger partial charge in [-0.25, -0.2) is 9.59 Å². The minimum absolute atomic E-state index is 0.0622. The van der Waals surface area contributed by atoms with Gasteiger partial charge in [-0.15, -0.1) is 0 Å². The van der Waals surface area contributed by atoms with Gasteiger partial charge >= 0.3 is 12.0 Å². The fraction of sp³-hybridized carbons (Fsp3) is 0.750. The molecule has 1 fully saturated rings. The Labute approximate surface area is 116 Å². The molecule has 2 atom stereocenters. The number of carbonyl (C=O) groups is 3. The number of rotatable bonds is 4. The van der Waals surface area contributed by atoms with Crippen molar-refractivity contribution in [2.24, 2.45) is 11.3 Å². The van der Waals surface area contributed by atoms with Crippen LogP contribution in [0.3, 0.4) is 0 Å². The molecule has 114 valence electrons. The minimum atomic E-state index is -1.54. The van der Waals surface area contributed by atoms with Gasteiger partial charge in [0, 0.05) is 11.1 Å². The molecule has 1 rings (SSSR count). The van der Waals surface area contributed by atoms with Crippen molar-refractivity contribution in [2.45, 2.75) is 33.9 Å². The smallest absolute Gasteiger partial charge is 0.356 e. The predicted octanol–water partition coefficient (Wildman–Crippen LogP) is 0.991. The molecule has 1 saturated heterocycles. The Morgan fingerprint density at radius 3 is 2.45 bits per heavy atom. The number of nitrogens with zero attached hydrogens (tertiary/aromatic N) is 1. The van der Waals surface area contributed by atoms with E-state index in [9.17, 15) is 18.9 Å². The summed E-state index contributed by atoms with van der Waals surface area (Å²) >= 11 is 0. The van der Waals surface area contributed by atoms with Crippen molar-refractivity contribution in [1.82, 2.24) is 10.2 Å². The van der Waals surface area contributed by atoms with Crippen molar-refractivity contribution in [3.8, 4) is 0 Å². The van der Waals surface area contributed by atoms with Gasteiger partial charge in [-0.2, -0.15) is 0 Å². The van der Waals surface area contributed by atoms with Crippen LogP contribution in [-0.2, 0) is 19.3 Å². The van der Waals surface area contributed by atoms with Crippen LogP contribution in [0.25, 0.3) is 0 Å². The third-order valence-corrected chi connectivity index (χ3v) is 2.69. The molecule has 8 heteroatoms. The van der Waals surface area contributed by atoms with Gasteiger partial charge in [0.05, 0.1) is 6.61 Å². The molecule has 0 spiro atoms. The van der Waals surface area contributed by atoms with Crippen LogP contribution in [0.1, 0.15) is 27.7 Å². The molecule has 0 aliphatic carbocycles. The number of amides is 3. The zero-order valence-corrected chi connectivity index (χ0v) is 11.9. The lowest BCUT2D eigenvalue weighted by Crippen LogP contribution is -2.63. The predicted molar refractivity (Wildman–Crippen MR) is 65.8 cm³/mol. The van der Waals surface area contributed by atoms with Crippen molar-refractivity contribution in [3.05, 3.63) is 0 Å². The Morgan fingerprint density at radius 2 is 2.00 bits per heavy atom. The zero-order valence-electron chi connectivity index (χ0n) is 11.9. The van der Waals surface area contributed by atoms with Gasteiger partial charge in [0.2, 0.25) is 5.91 Å². The molecule has 1 heterocycles. The number of halogens is 1. The monoisotopic (exact) mass is 290 g/mol. The second-order valence-electron chi connectivity index (χ2n) is 5.70. The summed E-state index contributed by atoms with van der Waals surface area (Å²) in [5.74, 6) is -3.76. The quantitative estimate of drug-likeness (QED) is 0.780. The molecule has 7 nitrogen and oxygen atoms in total. The van der Waals surface area contributed by atoms with Crippen LogP contribution in [0.5, 0.6) is 0 Å². The molecule has 0 bridgehead atoms. The van der Waals surface area contributed by atoms with E-state index in [0.717, 1.165) is 4.90 Å². The Morgan fingerprint density at radius 1 is 1.40 bits per heavy atom. The number of ether oxygens (including phenoxy) is 1. The van der Waals surface area contributed by atoms with Gasteiger partial charge in [-0.05, 0) is 12.3 Å². The Bertz CT molecular complexity index is 407. The van der Waals surface area contributed by atoms with Gasteiger partial charge in [-0.1, -0.05) is 20.8 Å². The van der Waals surface area contributed by atoms with Crippen LogP contribution < -0.4 is 5.32 Å². The largest absolute Gasteiger partial charge is 0.365 e. The van der Waals surface area contributed by atoms with E-state index in [4.69, 9.17) is 4.74 Å². The van der Waals surface area contributed by atoms with Crippen LogP contribution in [-0.4, -0.2) is 42.2 Å². The van der Waals surface area contributed by atoms with E-state index in [1.54, 1.807) is 6.92 Å². The van der Waals surface area contributed by atoms with Crippen LogP contribution in [0, 0.1) is 11.3 Å². The summed E-state index contributed by atoms with van der Waals surface area (Å²) in [7, 11) is 0. The standard InChI is InChI=1S/C12H19FN2O5/c1-5-15-9(16)7(10(17)20-13)8(14-11(15)18)19-6-12(2,3)4/h7-8H,5-6H2,1-4H3,(H,14,18). The maximum atomic E-state index is 12.1. The first-order valence-corrected chi connectivity index (χ1v) is 6.27. The molecular formula is C12H19FN2O5. The Hall–Kier alpha value is -1.70. The highest BCUT2D eigenvalue weighted by Gasteiger charge is 2.47. The summed E-state index contributed by atoms with van der Waals surface area (Å²) in [6.07, 6.45) is -1.24. The molecule has 1 aliphatic heterocycles. The SMILES string of the molecule is CCN1C(=O)NC(OCC(C)(C)C)C(C(=O)OF)C1=O. The van der Waals surface area contributed by atoms with E-state index >= 15 is 0 Å². The van der Waals surface area contributed by atoms with Gasteiger partial charge < -0.3 is 10.1 Å². The number of hydrogen-bond acceptors (Lipinski definition) is 5. The van der Waals surface area contributed by atoms with E-state index in [1.165, 1.54) is 0 Å². The molecule has 2 unspecified atom stereocenters. The summed E-state index contributed by atoms with van der Waals surface area (Å²) < 4.78 is 17.5. The topological polar surface area (TPSA) is 84.9 Å². The van der Waals surface area contributed by atoms with Crippen molar-refractivity contribution in [1.29, 1.82) is 0 Å². The van der Waals surface area contributed by atoms with Crippen LogP contribution in [0.4, 0.5) is 9.32 Å². The zero-order chi connectivity index (χ0) is 15.5. The average molecular weight is 290 g/mol. The van der Waals surface area contributed by atoms with E-state index < -0.39 is 30.1 Å². The molecule has 0 aromatic heterocycles. The third kappa shape index (κ3) is 3.66. The number of imide groups is 1. The molecule has 3 amide bonds. The van der Waals surface area contributed by atoms with Gasteiger partial charge in [0.1, 0.15) is 0 Å². The first-order chi connectivity index (χ1) is 9.21. The van der Waals surface area contributed by atoms with E-state index in [-0.39, 0.29) is 18.6 Å². The summed E-state index contributed by atoms with van der Waals surface area (Å²) in [6, 6.07) is -0.681. The maximum absolute atomic E-state index is 12.1. The summed E-state index contributed by atoms with van der Waals surface area (Å²) in [5, 5.41) is 2.36. The van der Waals surface area contributed by atoms with E-state index in [0.29, 0.717) is 0 Å². The molecule has 1 aliphatic rings. The highest BCUT2D eigenvalue weighted by Crippen LogP contribution is 2.21. The molecule has 1 N–H and O–H groups in total. The molecular weight excluding hydrogens is 271 g/mol. The highest BCUT2D eigenvalue weighted by atomic mass is 19.3.